The minimum Gasteiger partial charge on any atom is -0.366 e. The highest BCUT2D eigenvalue weighted by Gasteiger charge is 2.33. The van der Waals surface area contributed by atoms with Crippen molar-refractivity contribution in [1.82, 2.24) is 5.32 Å². The zero-order chi connectivity index (χ0) is 14.0. The summed E-state index contributed by atoms with van der Waals surface area (Å²) in [5, 5.41) is 4.10. The largest absolute Gasteiger partial charge is 0.366 e. The second-order valence-corrected chi connectivity index (χ2v) is 5.78. The smallest absolute Gasteiger partial charge is 0.146 e. The predicted molar refractivity (Wildman–Crippen MR) is 79.5 cm³/mol. The van der Waals surface area contributed by atoms with E-state index >= 15 is 0 Å². The van der Waals surface area contributed by atoms with Gasteiger partial charge in [-0.05, 0) is 44.0 Å². The zero-order valence-corrected chi connectivity index (χ0v) is 12.5. The zero-order valence-electron chi connectivity index (χ0n) is 11.8. The maximum atomic E-state index is 14.0. The molecule has 0 amide bonds. The van der Waals surface area contributed by atoms with E-state index in [2.05, 4.69) is 31.0 Å². The van der Waals surface area contributed by atoms with Gasteiger partial charge in [-0.2, -0.15) is 0 Å². The third-order valence-corrected chi connectivity index (χ3v) is 4.49. The lowest BCUT2D eigenvalue weighted by Crippen LogP contribution is -2.53. The molecule has 1 fully saturated rings. The molecule has 0 saturated carbocycles. The average molecular weight is 285 g/mol. The van der Waals surface area contributed by atoms with E-state index in [0.29, 0.717) is 28.7 Å². The Balaban J connectivity index is 2.20. The van der Waals surface area contributed by atoms with Crippen LogP contribution in [0.15, 0.2) is 18.2 Å². The summed E-state index contributed by atoms with van der Waals surface area (Å²) in [7, 11) is 0. The van der Waals surface area contributed by atoms with Gasteiger partial charge >= 0.3 is 0 Å². The second kappa shape index (κ2) is 6.10. The molecule has 1 heterocycles. The summed E-state index contributed by atoms with van der Waals surface area (Å²) in [4.78, 5) is 2.14. The molecule has 1 aliphatic heterocycles. The second-order valence-electron chi connectivity index (χ2n) is 5.34. The molecule has 1 N–H and O–H groups in total. The number of piperidine rings is 1. The molecule has 2 rings (SSSR count). The van der Waals surface area contributed by atoms with Gasteiger partial charge in [0.05, 0.1) is 5.69 Å². The first kappa shape index (κ1) is 14.6. The molecule has 0 radical (unpaired) electrons. The van der Waals surface area contributed by atoms with Crippen molar-refractivity contribution in [3.8, 4) is 0 Å². The summed E-state index contributed by atoms with van der Waals surface area (Å²) >= 11 is 5.99. The normalized spacial score (nSPS) is 27.6. The van der Waals surface area contributed by atoms with E-state index < -0.39 is 0 Å². The minimum absolute atomic E-state index is 0.189. The van der Waals surface area contributed by atoms with E-state index in [1.807, 2.05) is 0 Å². The number of nitrogens with zero attached hydrogens (tertiary/aromatic N) is 1. The number of rotatable bonds is 3. The van der Waals surface area contributed by atoms with Gasteiger partial charge in [-0.3, -0.25) is 0 Å². The number of anilines is 1. The van der Waals surface area contributed by atoms with Crippen LogP contribution in [-0.2, 0) is 0 Å². The number of halogens is 2. The summed E-state index contributed by atoms with van der Waals surface area (Å²) < 4.78 is 14.0. The summed E-state index contributed by atoms with van der Waals surface area (Å²) in [6.45, 7) is 8.36. The van der Waals surface area contributed by atoms with E-state index in [-0.39, 0.29) is 5.82 Å². The van der Waals surface area contributed by atoms with Crippen molar-refractivity contribution in [2.24, 2.45) is 5.92 Å². The Hall–Kier alpha value is -0.800. The van der Waals surface area contributed by atoms with E-state index in [1.165, 1.54) is 6.07 Å². The molecule has 1 aromatic rings. The fourth-order valence-electron chi connectivity index (χ4n) is 2.96. The maximum Gasteiger partial charge on any atom is 0.146 e. The third kappa shape index (κ3) is 3.03. The molecule has 4 heteroatoms. The Morgan fingerprint density at radius 2 is 2.16 bits per heavy atom. The molecule has 1 aromatic carbocycles. The molecule has 3 atom stereocenters. The van der Waals surface area contributed by atoms with Gasteiger partial charge in [0, 0.05) is 23.7 Å². The van der Waals surface area contributed by atoms with Gasteiger partial charge in [0.25, 0.3) is 0 Å². The molecule has 106 valence electrons. The van der Waals surface area contributed by atoms with E-state index in [0.717, 1.165) is 19.5 Å². The third-order valence-electron chi connectivity index (χ3n) is 4.25. The highest BCUT2D eigenvalue weighted by Crippen LogP contribution is 2.32. The van der Waals surface area contributed by atoms with Gasteiger partial charge in [-0.1, -0.05) is 25.4 Å². The van der Waals surface area contributed by atoms with Gasteiger partial charge in [0.2, 0.25) is 0 Å². The van der Waals surface area contributed by atoms with Crippen LogP contribution < -0.4 is 10.2 Å². The number of benzene rings is 1. The highest BCUT2D eigenvalue weighted by atomic mass is 35.5. The van der Waals surface area contributed by atoms with Crippen LogP contribution in [0.2, 0.25) is 5.02 Å². The Morgan fingerprint density at radius 3 is 2.84 bits per heavy atom. The quantitative estimate of drug-likeness (QED) is 0.911. The molecule has 2 nitrogen and oxygen atoms in total. The van der Waals surface area contributed by atoms with Gasteiger partial charge in [0.15, 0.2) is 0 Å². The Morgan fingerprint density at radius 1 is 1.42 bits per heavy atom. The summed E-state index contributed by atoms with van der Waals surface area (Å²) in [6, 6.07) is 5.59. The standard InChI is InChI=1S/C15H22ClFN2/c1-4-18-14-7-8-19(11(3)10(14)2)15-9-12(16)5-6-13(15)17/h5-6,9-11,14,18H,4,7-8H2,1-3H3. The molecule has 19 heavy (non-hydrogen) atoms. The monoisotopic (exact) mass is 284 g/mol. The lowest BCUT2D eigenvalue weighted by atomic mass is 9.86. The van der Waals surface area contributed by atoms with Crippen molar-refractivity contribution in [1.29, 1.82) is 0 Å². The molecule has 0 aromatic heterocycles. The van der Waals surface area contributed by atoms with Crippen molar-refractivity contribution in [3.05, 3.63) is 29.0 Å². The van der Waals surface area contributed by atoms with E-state index in [4.69, 9.17) is 11.6 Å². The summed E-state index contributed by atoms with van der Waals surface area (Å²) in [5.74, 6) is 0.289. The summed E-state index contributed by atoms with van der Waals surface area (Å²) in [6.07, 6.45) is 1.03. The van der Waals surface area contributed by atoms with Crippen LogP contribution >= 0.6 is 11.6 Å². The first-order valence-electron chi connectivity index (χ1n) is 6.99. The number of hydrogen-bond acceptors (Lipinski definition) is 2. The summed E-state index contributed by atoms with van der Waals surface area (Å²) in [5.41, 5.74) is 0.627. The van der Waals surface area contributed by atoms with Gasteiger partial charge in [0.1, 0.15) is 5.82 Å². The van der Waals surface area contributed by atoms with Gasteiger partial charge in [-0.25, -0.2) is 4.39 Å². The minimum atomic E-state index is -0.189. The Labute approximate surface area is 119 Å². The number of nitrogens with one attached hydrogen (secondary N) is 1. The van der Waals surface area contributed by atoms with Crippen LogP contribution in [0, 0.1) is 11.7 Å². The molecule has 3 unspecified atom stereocenters. The fraction of sp³-hybridized carbons (Fsp3) is 0.600. The SMILES string of the molecule is CCNC1CCN(c2cc(Cl)ccc2F)C(C)C1C. The predicted octanol–water partition coefficient (Wildman–Crippen LogP) is 3.69. The molecule has 0 aliphatic carbocycles. The van der Waals surface area contributed by atoms with Crippen LogP contribution in [0.4, 0.5) is 10.1 Å². The van der Waals surface area contributed by atoms with Crippen molar-refractivity contribution >= 4 is 17.3 Å². The first-order valence-corrected chi connectivity index (χ1v) is 7.37. The van der Waals surface area contributed by atoms with Crippen LogP contribution in [0.3, 0.4) is 0 Å². The van der Waals surface area contributed by atoms with Crippen LogP contribution in [0.5, 0.6) is 0 Å². The maximum absolute atomic E-state index is 14.0. The first-order chi connectivity index (χ1) is 9.04. The Bertz CT molecular complexity index is 438. The fourth-order valence-corrected chi connectivity index (χ4v) is 3.13. The van der Waals surface area contributed by atoms with Crippen LogP contribution in [-0.4, -0.2) is 25.2 Å². The molecular weight excluding hydrogens is 263 g/mol. The molecule has 0 bridgehead atoms. The van der Waals surface area contributed by atoms with E-state index in [9.17, 15) is 4.39 Å². The Kier molecular flexibility index (Phi) is 4.69. The number of hydrogen-bond donors (Lipinski definition) is 1. The molecule has 1 aliphatic rings. The highest BCUT2D eigenvalue weighted by molar-refractivity contribution is 6.30. The topological polar surface area (TPSA) is 15.3 Å². The van der Waals surface area contributed by atoms with Crippen molar-refractivity contribution in [3.63, 3.8) is 0 Å². The lowest BCUT2D eigenvalue weighted by Gasteiger charge is -2.44. The van der Waals surface area contributed by atoms with Crippen molar-refractivity contribution in [2.75, 3.05) is 18.0 Å². The van der Waals surface area contributed by atoms with Gasteiger partial charge in [-0.15, -0.1) is 0 Å². The average Bonchev–Trinajstić information content (AvgIpc) is 2.39. The lowest BCUT2D eigenvalue weighted by molar-refractivity contribution is 0.273. The molecule has 1 saturated heterocycles. The molecule has 0 spiro atoms. The molecular formula is C15H22ClFN2. The van der Waals surface area contributed by atoms with Crippen molar-refractivity contribution < 1.29 is 4.39 Å². The van der Waals surface area contributed by atoms with Crippen LogP contribution in [0.25, 0.3) is 0 Å². The van der Waals surface area contributed by atoms with Gasteiger partial charge < -0.3 is 10.2 Å². The van der Waals surface area contributed by atoms with Crippen molar-refractivity contribution in [2.45, 2.75) is 39.3 Å². The van der Waals surface area contributed by atoms with E-state index in [1.54, 1.807) is 12.1 Å². The van der Waals surface area contributed by atoms with Crippen LogP contribution in [0.1, 0.15) is 27.2 Å².